The lowest BCUT2D eigenvalue weighted by Crippen LogP contribution is -2.44. The Morgan fingerprint density at radius 3 is 2.17 bits per heavy atom. The molecule has 0 amide bonds. The molecular formula is C23H46. The van der Waals surface area contributed by atoms with Gasteiger partial charge in [0.1, 0.15) is 0 Å². The summed E-state index contributed by atoms with van der Waals surface area (Å²) in [5.74, 6) is 5.51. The fourth-order valence-corrected chi connectivity index (χ4v) is 5.03. The van der Waals surface area contributed by atoms with Crippen LogP contribution in [0.4, 0.5) is 0 Å². The number of hydrogen-bond donors (Lipinski definition) is 0. The van der Waals surface area contributed by atoms with Gasteiger partial charge in [-0.1, -0.05) is 87.5 Å². The fourth-order valence-electron chi connectivity index (χ4n) is 5.03. The van der Waals surface area contributed by atoms with Gasteiger partial charge in [-0.05, 0) is 60.2 Å². The van der Waals surface area contributed by atoms with E-state index in [0.29, 0.717) is 5.41 Å². The average molecular weight is 323 g/mol. The minimum atomic E-state index is 0.656. The second kappa shape index (κ2) is 9.47. The van der Waals surface area contributed by atoms with Crippen molar-refractivity contribution in [3.8, 4) is 0 Å². The van der Waals surface area contributed by atoms with Crippen molar-refractivity contribution in [3.63, 3.8) is 0 Å². The first-order valence-corrected chi connectivity index (χ1v) is 10.7. The van der Waals surface area contributed by atoms with E-state index >= 15 is 0 Å². The van der Waals surface area contributed by atoms with E-state index in [1.165, 1.54) is 51.4 Å². The maximum absolute atomic E-state index is 2.57. The van der Waals surface area contributed by atoms with Crippen molar-refractivity contribution < 1.29 is 0 Å². The lowest BCUT2D eigenvalue weighted by Gasteiger charge is -2.53. The maximum atomic E-state index is 2.57. The Morgan fingerprint density at radius 2 is 1.65 bits per heavy atom. The molecule has 1 fully saturated rings. The van der Waals surface area contributed by atoms with E-state index < -0.39 is 0 Å². The Balaban J connectivity index is 2.23. The number of hydrogen-bond acceptors (Lipinski definition) is 0. The van der Waals surface area contributed by atoms with Crippen LogP contribution in [-0.2, 0) is 0 Å². The van der Waals surface area contributed by atoms with Gasteiger partial charge in [0.15, 0.2) is 0 Å². The summed E-state index contributed by atoms with van der Waals surface area (Å²) in [4.78, 5) is 0. The highest BCUT2D eigenvalue weighted by molar-refractivity contribution is 4.96. The van der Waals surface area contributed by atoms with Crippen molar-refractivity contribution in [1.82, 2.24) is 0 Å². The molecule has 0 heterocycles. The molecule has 6 atom stereocenters. The molecule has 0 bridgehead atoms. The zero-order valence-corrected chi connectivity index (χ0v) is 17.6. The van der Waals surface area contributed by atoms with Crippen molar-refractivity contribution in [2.24, 2.45) is 40.9 Å². The van der Waals surface area contributed by atoms with Gasteiger partial charge >= 0.3 is 0 Å². The van der Waals surface area contributed by atoms with Gasteiger partial charge in [0.2, 0.25) is 0 Å². The standard InChI is InChI=1S/C23H46/c1-9-12-18(4)15-22-16-23(8,21(22)7)14-11-10-13-19(5)20(6)17(2)3/h17-22H,9-16H2,1-8H3. The van der Waals surface area contributed by atoms with Crippen LogP contribution in [0.15, 0.2) is 0 Å². The Kier molecular flexibility index (Phi) is 8.67. The molecule has 1 saturated carbocycles. The van der Waals surface area contributed by atoms with Gasteiger partial charge in [0.25, 0.3) is 0 Å². The number of unbranched alkanes of at least 4 members (excludes halogenated alkanes) is 1. The lowest BCUT2D eigenvalue weighted by atomic mass is 9.52. The third-order valence-electron chi connectivity index (χ3n) is 7.63. The van der Waals surface area contributed by atoms with Gasteiger partial charge in [-0.3, -0.25) is 0 Å². The molecule has 138 valence electrons. The summed E-state index contributed by atoms with van der Waals surface area (Å²) in [7, 11) is 0. The molecule has 0 saturated heterocycles. The zero-order chi connectivity index (χ0) is 17.6. The summed E-state index contributed by atoms with van der Waals surface area (Å²) < 4.78 is 0. The topological polar surface area (TPSA) is 0 Å². The van der Waals surface area contributed by atoms with Crippen LogP contribution < -0.4 is 0 Å². The van der Waals surface area contributed by atoms with Crippen LogP contribution in [0.25, 0.3) is 0 Å². The van der Waals surface area contributed by atoms with Gasteiger partial charge in [-0.25, -0.2) is 0 Å². The zero-order valence-electron chi connectivity index (χ0n) is 17.6. The van der Waals surface area contributed by atoms with Gasteiger partial charge < -0.3 is 0 Å². The molecule has 0 aromatic rings. The molecule has 23 heavy (non-hydrogen) atoms. The monoisotopic (exact) mass is 322 g/mol. The molecule has 1 aliphatic carbocycles. The third-order valence-corrected chi connectivity index (χ3v) is 7.63. The summed E-state index contributed by atoms with van der Waals surface area (Å²) in [6.07, 6.45) is 11.5. The summed E-state index contributed by atoms with van der Waals surface area (Å²) in [5, 5.41) is 0. The second-order valence-electron chi connectivity index (χ2n) is 9.86. The van der Waals surface area contributed by atoms with Crippen LogP contribution in [0.2, 0.25) is 0 Å². The predicted molar refractivity (Wildman–Crippen MR) is 106 cm³/mol. The van der Waals surface area contributed by atoms with Gasteiger partial charge in [-0.2, -0.15) is 0 Å². The van der Waals surface area contributed by atoms with Crippen molar-refractivity contribution >= 4 is 0 Å². The Labute approximate surface area is 148 Å². The minimum Gasteiger partial charge on any atom is -0.0654 e. The average Bonchev–Trinajstić information content (AvgIpc) is 2.49. The van der Waals surface area contributed by atoms with Crippen molar-refractivity contribution in [1.29, 1.82) is 0 Å². The molecule has 1 aliphatic rings. The second-order valence-corrected chi connectivity index (χ2v) is 9.86. The summed E-state index contributed by atoms with van der Waals surface area (Å²) in [6.45, 7) is 19.5. The Morgan fingerprint density at radius 1 is 1.00 bits per heavy atom. The van der Waals surface area contributed by atoms with Crippen LogP contribution in [0, 0.1) is 40.9 Å². The van der Waals surface area contributed by atoms with Crippen LogP contribution in [0.3, 0.4) is 0 Å². The summed E-state index contributed by atoms with van der Waals surface area (Å²) in [5.41, 5.74) is 0.656. The molecule has 0 heteroatoms. The van der Waals surface area contributed by atoms with E-state index in [0.717, 1.165) is 35.5 Å². The first-order chi connectivity index (χ1) is 10.7. The first-order valence-electron chi connectivity index (χ1n) is 10.7. The first kappa shape index (κ1) is 21.0. The van der Waals surface area contributed by atoms with E-state index in [1.54, 1.807) is 0 Å². The van der Waals surface area contributed by atoms with E-state index in [1.807, 2.05) is 0 Å². The molecule has 1 rings (SSSR count). The van der Waals surface area contributed by atoms with Crippen LogP contribution in [0.1, 0.15) is 107 Å². The quantitative estimate of drug-likeness (QED) is 0.338. The van der Waals surface area contributed by atoms with Crippen molar-refractivity contribution in [2.45, 2.75) is 107 Å². The molecule has 0 spiro atoms. The molecule has 0 aromatic carbocycles. The minimum absolute atomic E-state index is 0.656. The largest absolute Gasteiger partial charge is 0.0654 e. The van der Waals surface area contributed by atoms with Crippen LogP contribution in [0.5, 0.6) is 0 Å². The lowest BCUT2D eigenvalue weighted by molar-refractivity contribution is -0.0359. The SMILES string of the molecule is CCCC(C)CC1CC(C)(CCCCC(C)C(C)C(C)C)C1C. The Bertz CT molecular complexity index is 318. The Hall–Kier alpha value is 0. The molecule has 0 N–H and O–H groups in total. The highest BCUT2D eigenvalue weighted by Gasteiger charge is 2.46. The van der Waals surface area contributed by atoms with Gasteiger partial charge in [0, 0.05) is 0 Å². The molecule has 0 aliphatic heterocycles. The molecule has 0 radical (unpaired) electrons. The molecule has 0 nitrogen and oxygen atoms in total. The van der Waals surface area contributed by atoms with Crippen LogP contribution >= 0.6 is 0 Å². The van der Waals surface area contributed by atoms with Crippen molar-refractivity contribution in [2.75, 3.05) is 0 Å². The predicted octanol–water partition coefficient (Wildman–Crippen LogP) is 7.96. The third kappa shape index (κ3) is 6.09. The molecule has 0 aromatic heterocycles. The highest BCUT2D eigenvalue weighted by Crippen LogP contribution is 2.56. The van der Waals surface area contributed by atoms with E-state index in [4.69, 9.17) is 0 Å². The van der Waals surface area contributed by atoms with Crippen molar-refractivity contribution in [3.05, 3.63) is 0 Å². The van der Waals surface area contributed by atoms with Gasteiger partial charge in [0.05, 0.1) is 0 Å². The fraction of sp³-hybridized carbons (Fsp3) is 1.00. The van der Waals surface area contributed by atoms with E-state index in [-0.39, 0.29) is 0 Å². The highest BCUT2D eigenvalue weighted by atomic mass is 14.5. The molecular weight excluding hydrogens is 276 g/mol. The van der Waals surface area contributed by atoms with Gasteiger partial charge in [-0.15, -0.1) is 0 Å². The van der Waals surface area contributed by atoms with E-state index in [2.05, 4.69) is 55.4 Å². The maximum Gasteiger partial charge on any atom is -0.0295 e. The summed E-state index contributed by atoms with van der Waals surface area (Å²) in [6, 6.07) is 0. The van der Waals surface area contributed by atoms with E-state index in [9.17, 15) is 0 Å². The van der Waals surface area contributed by atoms with Crippen LogP contribution in [-0.4, -0.2) is 0 Å². The smallest absolute Gasteiger partial charge is 0.0295 e. The normalized spacial score (nSPS) is 31.7. The molecule has 6 unspecified atom stereocenters. The number of rotatable bonds is 11. The summed E-state index contributed by atoms with van der Waals surface area (Å²) >= 11 is 0.